The lowest BCUT2D eigenvalue weighted by Crippen LogP contribution is -2.37. The number of benzene rings is 1. The van der Waals surface area contributed by atoms with E-state index in [4.69, 9.17) is 4.74 Å². The van der Waals surface area contributed by atoms with Crippen LogP contribution in [-0.2, 0) is 4.74 Å². The predicted octanol–water partition coefficient (Wildman–Crippen LogP) is 8.72. The van der Waals surface area contributed by atoms with Crippen LogP contribution in [0.3, 0.4) is 0 Å². The molecule has 2 aliphatic rings. The Kier molecular flexibility index (Phi) is 8.43. The smallest absolute Gasteiger partial charge is 0.281 e. The Bertz CT molecular complexity index is 729. The van der Waals surface area contributed by atoms with Crippen molar-refractivity contribution in [2.75, 3.05) is 0 Å². The van der Waals surface area contributed by atoms with Gasteiger partial charge in [-0.15, -0.1) is 13.2 Å². The van der Waals surface area contributed by atoms with Gasteiger partial charge in [0.2, 0.25) is 0 Å². The summed E-state index contributed by atoms with van der Waals surface area (Å²) in [6.07, 6.45) is 10.8. The number of ether oxygens (including phenoxy) is 1. The van der Waals surface area contributed by atoms with Gasteiger partial charge in [-0.1, -0.05) is 107 Å². The van der Waals surface area contributed by atoms with Gasteiger partial charge in [-0.3, -0.25) is 4.74 Å². The first-order valence-electron chi connectivity index (χ1n) is 12.0. The number of hydrogen-bond donors (Lipinski definition) is 0. The fraction of sp³-hybridized carbons (Fsp3) is 0.630. The largest absolute Gasteiger partial charge is 0.523 e. The molecule has 0 bridgehead atoms. The van der Waals surface area contributed by atoms with Crippen molar-refractivity contribution >= 4 is 5.57 Å². The standard InChI is InChI=1S/C27H37F3O/c1-3-21(2)9-10-22-11-13-23(14-12-22)15-18-26(31-27(28,29)30)19-16-25(17-20-26)24-7-5-4-6-8-24/h4-8,16-17,19,21-23H,3,9-15,18,20H2,1-2H3. The lowest BCUT2D eigenvalue weighted by Gasteiger charge is -2.36. The van der Waals surface area contributed by atoms with Crippen LogP contribution < -0.4 is 0 Å². The molecule has 0 N–H and O–H groups in total. The highest BCUT2D eigenvalue weighted by Gasteiger charge is 2.42. The fourth-order valence-electron chi connectivity index (χ4n) is 5.03. The van der Waals surface area contributed by atoms with Crippen LogP contribution >= 0.6 is 0 Å². The van der Waals surface area contributed by atoms with E-state index in [0.29, 0.717) is 12.3 Å². The van der Waals surface area contributed by atoms with E-state index in [0.717, 1.165) is 42.2 Å². The summed E-state index contributed by atoms with van der Waals surface area (Å²) in [5.74, 6) is 2.11. The minimum atomic E-state index is -4.63. The van der Waals surface area contributed by atoms with E-state index in [2.05, 4.69) is 13.8 Å². The van der Waals surface area contributed by atoms with E-state index in [1.54, 1.807) is 12.2 Å². The summed E-state index contributed by atoms with van der Waals surface area (Å²) in [6.45, 7) is 4.57. The molecule has 1 aromatic rings. The topological polar surface area (TPSA) is 9.23 Å². The Morgan fingerprint density at radius 3 is 2.23 bits per heavy atom. The number of rotatable bonds is 9. The van der Waals surface area contributed by atoms with Gasteiger partial charge in [0.05, 0.1) is 5.60 Å². The second kappa shape index (κ2) is 10.8. The van der Waals surface area contributed by atoms with Gasteiger partial charge in [0, 0.05) is 0 Å². The van der Waals surface area contributed by atoms with E-state index in [-0.39, 0.29) is 6.42 Å². The lowest BCUT2D eigenvalue weighted by atomic mass is 9.75. The predicted molar refractivity (Wildman–Crippen MR) is 121 cm³/mol. The van der Waals surface area contributed by atoms with Crippen LogP contribution in [0.1, 0.15) is 83.6 Å². The van der Waals surface area contributed by atoms with E-state index in [9.17, 15) is 13.2 Å². The first-order chi connectivity index (χ1) is 14.8. The number of halogens is 3. The van der Waals surface area contributed by atoms with E-state index >= 15 is 0 Å². The molecule has 4 heteroatoms. The summed E-state index contributed by atoms with van der Waals surface area (Å²) >= 11 is 0. The second-order valence-electron chi connectivity index (χ2n) is 9.69. The van der Waals surface area contributed by atoms with Crippen molar-refractivity contribution in [2.45, 2.75) is 90.0 Å². The SMILES string of the molecule is CCC(C)CCC1CCC(CCC2(OC(F)(F)F)C=CC(c3ccccc3)=CC2)CC1. The lowest BCUT2D eigenvalue weighted by molar-refractivity contribution is -0.359. The van der Waals surface area contributed by atoms with Crippen molar-refractivity contribution in [2.24, 2.45) is 17.8 Å². The maximum Gasteiger partial charge on any atom is 0.523 e. The van der Waals surface area contributed by atoms with Crippen LogP contribution in [0.5, 0.6) is 0 Å². The summed E-state index contributed by atoms with van der Waals surface area (Å²) in [4.78, 5) is 0. The van der Waals surface area contributed by atoms with Crippen molar-refractivity contribution in [3.8, 4) is 0 Å². The molecule has 0 aromatic heterocycles. The Hall–Kier alpha value is -1.55. The molecule has 172 valence electrons. The minimum absolute atomic E-state index is 0.261. The molecule has 2 atom stereocenters. The average Bonchev–Trinajstić information content (AvgIpc) is 2.77. The first-order valence-corrected chi connectivity index (χ1v) is 12.0. The molecule has 0 radical (unpaired) electrons. The van der Waals surface area contributed by atoms with Crippen LogP contribution in [0.2, 0.25) is 0 Å². The van der Waals surface area contributed by atoms with Crippen molar-refractivity contribution in [3.63, 3.8) is 0 Å². The zero-order chi connectivity index (χ0) is 22.3. The van der Waals surface area contributed by atoms with Crippen molar-refractivity contribution in [3.05, 3.63) is 54.1 Å². The molecule has 2 unspecified atom stereocenters. The van der Waals surface area contributed by atoms with Crippen molar-refractivity contribution < 1.29 is 17.9 Å². The third-order valence-corrected chi connectivity index (χ3v) is 7.37. The zero-order valence-corrected chi connectivity index (χ0v) is 19.0. The number of allylic oxidation sites excluding steroid dienone is 2. The molecule has 2 aliphatic carbocycles. The summed E-state index contributed by atoms with van der Waals surface area (Å²) in [7, 11) is 0. The third kappa shape index (κ3) is 7.52. The summed E-state index contributed by atoms with van der Waals surface area (Å²) in [6, 6.07) is 9.78. The van der Waals surface area contributed by atoms with E-state index < -0.39 is 12.0 Å². The molecular formula is C27H37F3O. The van der Waals surface area contributed by atoms with Gasteiger partial charge in [0.15, 0.2) is 0 Å². The molecule has 0 spiro atoms. The van der Waals surface area contributed by atoms with Crippen LogP contribution in [0.4, 0.5) is 13.2 Å². The Morgan fingerprint density at radius 1 is 1.03 bits per heavy atom. The van der Waals surface area contributed by atoms with Gasteiger partial charge in [-0.05, 0) is 48.2 Å². The molecule has 1 nitrogen and oxygen atoms in total. The quantitative estimate of drug-likeness (QED) is 0.377. The average molecular weight is 435 g/mol. The Labute approximate surface area is 185 Å². The van der Waals surface area contributed by atoms with Gasteiger partial charge >= 0.3 is 6.36 Å². The molecule has 1 saturated carbocycles. The fourth-order valence-corrected chi connectivity index (χ4v) is 5.03. The van der Waals surface area contributed by atoms with Gasteiger partial charge in [-0.25, -0.2) is 0 Å². The minimum Gasteiger partial charge on any atom is -0.281 e. The maximum absolute atomic E-state index is 13.2. The molecule has 3 rings (SSSR count). The summed E-state index contributed by atoms with van der Waals surface area (Å²) in [5, 5.41) is 0. The Morgan fingerprint density at radius 2 is 1.68 bits per heavy atom. The highest BCUT2D eigenvalue weighted by atomic mass is 19.4. The van der Waals surface area contributed by atoms with Gasteiger partial charge < -0.3 is 0 Å². The van der Waals surface area contributed by atoms with E-state index in [1.807, 2.05) is 36.4 Å². The molecular weight excluding hydrogens is 397 g/mol. The Balaban J connectivity index is 1.55. The second-order valence-corrected chi connectivity index (χ2v) is 9.69. The van der Waals surface area contributed by atoms with Crippen molar-refractivity contribution in [1.82, 2.24) is 0 Å². The van der Waals surface area contributed by atoms with Crippen LogP contribution in [-0.4, -0.2) is 12.0 Å². The number of alkyl halides is 3. The van der Waals surface area contributed by atoms with E-state index in [1.165, 1.54) is 32.1 Å². The third-order valence-electron chi connectivity index (χ3n) is 7.37. The molecule has 1 fully saturated rings. The molecule has 0 amide bonds. The molecule has 1 aromatic carbocycles. The molecule has 0 heterocycles. The summed E-state index contributed by atoms with van der Waals surface area (Å²) < 4.78 is 44.4. The first kappa shape index (κ1) is 24.1. The van der Waals surface area contributed by atoms with Gasteiger partial charge in [-0.2, -0.15) is 0 Å². The molecule has 0 aliphatic heterocycles. The highest BCUT2D eigenvalue weighted by molar-refractivity contribution is 5.75. The summed E-state index contributed by atoms with van der Waals surface area (Å²) in [5.41, 5.74) is 0.711. The van der Waals surface area contributed by atoms with Crippen LogP contribution in [0, 0.1) is 17.8 Å². The monoisotopic (exact) mass is 434 g/mol. The number of hydrogen-bond acceptors (Lipinski definition) is 1. The normalized spacial score (nSPS) is 27.7. The van der Waals surface area contributed by atoms with Gasteiger partial charge in [0.1, 0.15) is 0 Å². The van der Waals surface area contributed by atoms with Crippen LogP contribution in [0.15, 0.2) is 48.6 Å². The maximum atomic E-state index is 13.2. The molecule has 0 saturated heterocycles. The molecule has 31 heavy (non-hydrogen) atoms. The zero-order valence-electron chi connectivity index (χ0n) is 19.0. The highest BCUT2D eigenvalue weighted by Crippen LogP contribution is 2.41. The van der Waals surface area contributed by atoms with Gasteiger partial charge in [0.25, 0.3) is 0 Å². The van der Waals surface area contributed by atoms with Crippen molar-refractivity contribution in [1.29, 1.82) is 0 Å². The van der Waals surface area contributed by atoms with Crippen LogP contribution in [0.25, 0.3) is 5.57 Å².